The van der Waals surface area contributed by atoms with Crippen molar-refractivity contribution in [2.24, 2.45) is 0 Å². The zero-order valence-corrected chi connectivity index (χ0v) is 12.1. The molecule has 0 spiro atoms. The molecule has 108 valence electrons. The van der Waals surface area contributed by atoms with E-state index in [1.54, 1.807) is 26.8 Å². The molecule has 0 unspecified atom stereocenters. The monoisotopic (exact) mass is 269 g/mol. The number of carbonyl (C=O) groups is 1. The Morgan fingerprint density at radius 3 is 2.74 bits per heavy atom. The molecule has 6 nitrogen and oxygen atoms in total. The van der Waals surface area contributed by atoms with Crippen molar-refractivity contribution in [2.75, 3.05) is 25.0 Å². The number of aliphatic hydroxyl groups is 1. The van der Waals surface area contributed by atoms with E-state index in [1.165, 1.54) is 0 Å². The Kier molecular flexibility index (Phi) is 5.50. The average Bonchev–Trinajstić information content (AvgIpc) is 2.61. The molecule has 0 fully saturated rings. The first kappa shape index (κ1) is 15.7. The number of nitrogens with zero attached hydrogens (tertiary/aromatic N) is 2. The Balaban J connectivity index is 2.51. The Hall–Kier alpha value is -1.40. The van der Waals surface area contributed by atoms with E-state index in [0.717, 1.165) is 18.7 Å². The van der Waals surface area contributed by atoms with E-state index < -0.39 is 5.60 Å². The number of rotatable bonds is 7. The molecule has 0 aliphatic rings. The molecule has 1 aromatic heterocycles. The summed E-state index contributed by atoms with van der Waals surface area (Å²) in [5.74, 6) is 0.177. The number of anilines is 1. The normalized spacial score (nSPS) is 11.9. The second-order valence-corrected chi connectivity index (χ2v) is 5.40. The van der Waals surface area contributed by atoms with Gasteiger partial charge in [0.05, 0.1) is 17.8 Å². The predicted molar refractivity (Wildman–Crippen MR) is 72.9 cm³/mol. The molecule has 0 radical (unpaired) electrons. The highest BCUT2D eigenvalue weighted by Crippen LogP contribution is 2.09. The second kappa shape index (κ2) is 6.68. The Bertz CT molecular complexity index is 410. The first-order valence-corrected chi connectivity index (χ1v) is 6.48. The molecule has 0 saturated heterocycles. The molecule has 1 rings (SSSR count). The van der Waals surface area contributed by atoms with Crippen LogP contribution in [-0.2, 0) is 4.79 Å². The van der Waals surface area contributed by atoms with E-state index in [-0.39, 0.29) is 12.5 Å². The van der Waals surface area contributed by atoms with Gasteiger partial charge in [-0.2, -0.15) is 0 Å². The van der Waals surface area contributed by atoms with Crippen LogP contribution in [0.15, 0.2) is 10.6 Å². The third-order valence-corrected chi connectivity index (χ3v) is 2.41. The van der Waals surface area contributed by atoms with E-state index in [2.05, 4.69) is 10.5 Å². The molecule has 1 aromatic rings. The molecule has 0 saturated carbocycles. The van der Waals surface area contributed by atoms with Gasteiger partial charge < -0.3 is 9.63 Å². The fourth-order valence-corrected chi connectivity index (χ4v) is 1.88. The van der Waals surface area contributed by atoms with Crippen LogP contribution in [0, 0.1) is 6.92 Å². The van der Waals surface area contributed by atoms with Gasteiger partial charge in [0.1, 0.15) is 0 Å². The molecule has 0 aromatic carbocycles. The lowest BCUT2D eigenvalue weighted by molar-refractivity contribution is -0.118. The van der Waals surface area contributed by atoms with Crippen LogP contribution in [0.2, 0.25) is 0 Å². The van der Waals surface area contributed by atoms with E-state index >= 15 is 0 Å². The number of hydrogen-bond donors (Lipinski definition) is 2. The minimum Gasteiger partial charge on any atom is -0.389 e. The van der Waals surface area contributed by atoms with E-state index in [1.807, 2.05) is 11.8 Å². The maximum atomic E-state index is 11.9. The van der Waals surface area contributed by atoms with Gasteiger partial charge in [-0.15, -0.1) is 0 Å². The predicted octanol–water partition coefficient (Wildman–Crippen LogP) is 1.40. The molecule has 6 heteroatoms. The van der Waals surface area contributed by atoms with Crippen molar-refractivity contribution >= 4 is 11.8 Å². The lowest BCUT2D eigenvalue weighted by Crippen LogP contribution is -2.42. The highest BCUT2D eigenvalue weighted by atomic mass is 16.5. The number of amides is 1. The number of hydrogen-bond acceptors (Lipinski definition) is 5. The molecular weight excluding hydrogens is 246 g/mol. The first-order chi connectivity index (χ1) is 8.80. The zero-order valence-electron chi connectivity index (χ0n) is 12.1. The summed E-state index contributed by atoms with van der Waals surface area (Å²) in [5, 5.41) is 16.2. The molecule has 0 aliphatic heterocycles. The average molecular weight is 269 g/mol. The molecule has 19 heavy (non-hydrogen) atoms. The van der Waals surface area contributed by atoms with Crippen molar-refractivity contribution in [3.8, 4) is 0 Å². The minimum atomic E-state index is -0.821. The van der Waals surface area contributed by atoms with Crippen LogP contribution in [0.5, 0.6) is 0 Å². The summed E-state index contributed by atoms with van der Waals surface area (Å²) in [7, 11) is 0. The second-order valence-electron chi connectivity index (χ2n) is 5.40. The quantitative estimate of drug-likeness (QED) is 0.782. The Labute approximate surface area is 113 Å². The summed E-state index contributed by atoms with van der Waals surface area (Å²) in [4.78, 5) is 13.8. The van der Waals surface area contributed by atoms with Gasteiger partial charge >= 0.3 is 0 Å². The molecule has 1 amide bonds. The Morgan fingerprint density at radius 2 is 2.26 bits per heavy atom. The van der Waals surface area contributed by atoms with Crippen LogP contribution in [0.4, 0.5) is 5.88 Å². The van der Waals surface area contributed by atoms with Crippen molar-refractivity contribution < 1.29 is 14.4 Å². The molecular formula is C13H23N3O3. The topological polar surface area (TPSA) is 78.6 Å². The standard InChI is InChI=1S/C13H23N3O3/c1-5-6-16(9-13(3,4)18)8-11(17)14-12-7-10(2)15-19-12/h7,18H,5-6,8-9H2,1-4H3,(H,14,17). The van der Waals surface area contributed by atoms with Crippen LogP contribution in [0.3, 0.4) is 0 Å². The van der Waals surface area contributed by atoms with Crippen molar-refractivity contribution in [3.63, 3.8) is 0 Å². The van der Waals surface area contributed by atoms with Gasteiger partial charge in [-0.25, -0.2) is 0 Å². The smallest absolute Gasteiger partial charge is 0.240 e. The Morgan fingerprint density at radius 1 is 1.58 bits per heavy atom. The third kappa shape index (κ3) is 6.35. The lowest BCUT2D eigenvalue weighted by Gasteiger charge is -2.27. The summed E-state index contributed by atoms with van der Waals surface area (Å²) in [6.45, 7) is 8.71. The number of aryl methyl sites for hydroxylation is 1. The van der Waals surface area contributed by atoms with Crippen LogP contribution < -0.4 is 5.32 Å². The largest absolute Gasteiger partial charge is 0.389 e. The summed E-state index contributed by atoms with van der Waals surface area (Å²) in [5.41, 5.74) is -0.102. The van der Waals surface area contributed by atoms with Gasteiger partial charge in [0.25, 0.3) is 0 Å². The number of nitrogens with one attached hydrogen (secondary N) is 1. The van der Waals surface area contributed by atoms with Crippen LogP contribution in [0.25, 0.3) is 0 Å². The molecule has 2 N–H and O–H groups in total. The van der Waals surface area contributed by atoms with Crippen LogP contribution >= 0.6 is 0 Å². The molecule has 0 atom stereocenters. The highest BCUT2D eigenvalue weighted by molar-refractivity contribution is 5.90. The van der Waals surface area contributed by atoms with E-state index in [4.69, 9.17) is 4.52 Å². The van der Waals surface area contributed by atoms with Crippen LogP contribution in [-0.4, -0.2) is 46.3 Å². The molecule has 0 bridgehead atoms. The van der Waals surface area contributed by atoms with Crippen LogP contribution in [0.1, 0.15) is 32.9 Å². The first-order valence-electron chi connectivity index (χ1n) is 6.48. The van der Waals surface area contributed by atoms with Gasteiger partial charge in [0.2, 0.25) is 11.8 Å². The maximum absolute atomic E-state index is 11.9. The van der Waals surface area contributed by atoms with E-state index in [9.17, 15) is 9.90 Å². The summed E-state index contributed by atoms with van der Waals surface area (Å²) < 4.78 is 4.93. The fraction of sp³-hybridized carbons (Fsp3) is 0.692. The highest BCUT2D eigenvalue weighted by Gasteiger charge is 2.20. The summed E-state index contributed by atoms with van der Waals surface area (Å²) in [6, 6.07) is 1.66. The number of carbonyl (C=O) groups excluding carboxylic acids is 1. The van der Waals surface area contributed by atoms with Crippen molar-refractivity contribution in [1.82, 2.24) is 10.1 Å². The van der Waals surface area contributed by atoms with Crippen molar-refractivity contribution in [2.45, 2.75) is 39.7 Å². The molecule has 1 heterocycles. The third-order valence-electron chi connectivity index (χ3n) is 2.41. The zero-order chi connectivity index (χ0) is 14.5. The maximum Gasteiger partial charge on any atom is 0.240 e. The van der Waals surface area contributed by atoms with E-state index in [0.29, 0.717) is 12.4 Å². The van der Waals surface area contributed by atoms with Gasteiger partial charge in [0.15, 0.2) is 0 Å². The van der Waals surface area contributed by atoms with Gasteiger partial charge in [-0.05, 0) is 33.7 Å². The minimum absolute atomic E-state index is 0.172. The van der Waals surface area contributed by atoms with Gasteiger partial charge in [-0.1, -0.05) is 12.1 Å². The number of aromatic nitrogens is 1. The SMILES string of the molecule is CCCN(CC(=O)Nc1cc(C)no1)CC(C)(C)O. The van der Waals surface area contributed by atoms with Crippen molar-refractivity contribution in [3.05, 3.63) is 11.8 Å². The summed E-state index contributed by atoms with van der Waals surface area (Å²) in [6.07, 6.45) is 0.921. The van der Waals surface area contributed by atoms with Gasteiger partial charge in [-0.3, -0.25) is 15.0 Å². The molecule has 0 aliphatic carbocycles. The fourth-order valence-electron chi connectivity index (χ4n) is 1.88. The van der Waals surface area contributed by atoms with Crippen molar-refractivity contribution in [1.29, 1.82) is 0 Å². The van der Waals surface area contributed by atoms with Gasteiger partial charge in [0, 0.05) is 12.6 Å². The summed E-state index contributed by atoms with van der Waals surface area (Å²) >= 11 is 0. The lowest BCUT2D eigenvalue weighted by atomic mass is 10.1.